The molecular weight excluding hydrogens is 426 g/mol. The zero-order valence-electron chi connectivity index (χ0n) is 15.7. The van der Waals surface area contributed by atoms with E-state index in [4.69, 9.17) is 28.6 Å². The van der Waals surface area contributed by atoms with Crippen molar-refractivity contribution in [1.82, 2.24) is 5.32 Å². The van der Waals surface area contributed by atoms with Crippen molar-refractivity contribution in [1.29, 1.82) is 0 Å². The summed E-state index contributed by atoms with van der Waals surface area (Å²) in [5.41, 5.74) is 0.962. The molecule has 30 heavy (non-hydrogen) atoms. The summed E-state index contributed by atoms with van der Waals surface area (Å²) in [5, 5.41) is 17.1. The molecule has 7 nitrogen and oxygen atoms in total. The van der Waals surface area contributed by atoms with Gasteiger partial charge in [-0.2, -0.15) is 0 Å². The molecule has 0 aliphatic heterocycles. The number of thiocarbonyl (C=S) groups is 1. The minimum atomic E-state index is -0.531. The van der Waals surface area contributed by atoms with Crippen molar-refractivity contribution in [2.24, 2.45) is 0 Å². The summed E-state index contributed by atoms with van der Waals surface area (Å²) >= 11 is 11.0. The highest BCUT2D eigenvalue weighted by Crippen LogP contribution is 2.24. The third kappa shape index (κ3) is 5.31. The molecule has 0 radical (unpaired) electrons. The maximum atomic E-state index is 12.4. The van der Waals surface area contributed by atoms with Gasteiger partial charge in [0.15, 0.2) is 5.11 Å². The van der Waals surface area contributed by atoms with E-state index in [9.17, 15) is 14.9 Å². The first-order valence-electron chi connectivity index (χ1n) is 8.73. The van der Waals surface area contributed by atoms with Gasteiger partial charge >= 0.3 is 0 Å². The lowest BCUT2D eigenvalue weighted by atomic mass is 10.1. The molecule has 0 heterocycles. The smallest absolute Gasteiger partial charge is 0.273 e. The monoisotopic (exact) mass is 441 g/mol. The molecule has 2 N–H and O–H groups in total. The number of benzene rings is 3. The van der Waals surface area contributed by atoms with Crippen LogP contribution >= 0.6 is 23.8 Å². The van der Waals surface area contributed by atoms with Gasteiger partial charge in [-0.1, -0.05) is 17.7 Å². The molecule has 0 saturated heterocycles. The number of anilines is 1. The van der Waals surface area contributed by atoms with E-state index in [-0.39, 0.29) is 21.9 Å². The number of rotatable bonds is 5. The fraction of sp³-hybridized carbons (Fsp3) is 0.0476. The Kier molecular flexibility index (Phi) is 6.61. The summed E-state index contributed by atoms with van der Waals surface area (Å²) in [6.07, 6.45) is 0. The van der Waals surface area contributed by atoms with Gasteiger partial charge in [-0.25, -0.2) is 0 Å². The Hall–Kier alpha value is -3.49. The van der Waals surface area contributed by atoms with E-state index >= 15 is 0 Å². The normalized spacial score (nSPS) is 10.2. The van der Waals surface area contributed by atoms with Crippen LogP contribution in [0.4, 0.5) is 11.4 Å². The summed E-state index contributed by atoms with van der Waals surface area (Å²) in [6.45, 7) is 1.52. The first-order chi connectivity index (χ1) is 14.3. The number of nitrogens with one attached hydrogen (secondary N) is 2. The third-order valence-electron chi connectivity index (χ3n) is 4.14. The highest BCUT2D eigenvalue weighted by molar-refractivity contribution is 7.80. The second-order valence-corrected chi connectivity index (χ2v) is 7.04. The molecule has 0 aliphatic rings. The number of amides is 1. The summed E-state index contributed by atoms with van der Waals surface area (Å²) in [5.74, 6) is 0.733. The molecule has 0 aromatic heterocycles. The molecule has 0 bridgehead atoms. The van der Waals surface area contributed by atoms with Crippen LogP contribution < -0.4 is 15.4 Å². The average molecular weight is 442 g/mol. The van der Waals surface area contributed by atoms with E-state index in [1.807, 2.05) is 0 Å². The van der Waals surface area contributed by atoms with Crippen molar-refractivity contribution in [2.75, 3.05) is 5.32 Å². The Morgan fingerprint density at radius 1 is 1.03 bits per heavy atom. The second kappa shape index (κ2) is 9.34. The molecule has 152 valence electrons. The molecule has 9 heteroatoms. The summed E-state index contributed by atoms with van der Waals surface area (Å²) in [7, 11) is 0. The van der Waals surface area contributed by atoms with Gasteiger partial charge < -0.3 is 10.1 Å². The third-order valence-corrected chi connectivity index (χ3v) is 4.59. The first-order valence-corrected chi connectivity index (χ1v) is 9.52. The number of halogens is 1. The maximum absolute atomic E-state index is 12.4. The van der Waals surface area contributed by atoms with Crippen molar-refractivity contribution >= 4 is 46.2 Å². The van der Waals surface area contributed by atoms with Crippen molar-refractivity contribution in [3.63, 3.8) is 0 Å². The first kappa shape index (κ1) is 21.2. The molecular formula is C21H16ClN3O4S. The van der Waals surface area contributed by atoms with E-state index in [0.717, 1.165) is 0 Å². The predicted octanol–water partition coefficient (Wildman–Crippen LogP) is 5.48. The van der Waals surface area contributed by atoms with Crippen molar-refractivity contribution < 1.29 is 14.5 Å². The number of nitro groups is 1. The van der Waals surface area contributed by atoms with Crippen molar-refractivity contribution in [3.05, 3.63) is 93.0 Å². The molecule has 0 unspecified atom stereocenters. The van der Waals surface area contributed by atoms with Gasteiger partial charge in [0.2, 0.25) is 0 Å². The highest BCUT2D eigenvalue weighted by Gasteiger charge is 2.18. The average Bonchev–Trinajstić information content (AvgIpc) is 2.71. The van der Waals surface area contributed by atoms with Crippen molar-refractivity contribution in [3.8, 4) is 11.5 Å². The van der Waals surface area contributed by atoms with Gasteiger partial charge in [-0.3, -0.25) is 20.2 Å². The van der Waals surface area contributed by atoms with Gasteiger partial charge in [0, 0.05) is 27.9 Å². The van der Waals surface area contributed by atoms with Crippen LogP contribution in [-0.4, -0.2) is 15.9 Å². The van der Waals surface area contributed by atoms with Gasteiger partial charge in [-0.05, 0) is 73.7 Å². The minimum Gasteiger partial charge on any atom is -0.457 e. The van der Waals surface area contributed by atoms with Gasteiger partial charge in [-0.15, -0.1) is 0 Å². The van der Waals surface area contributed by atoms with Crippen LogP contribution in [0.15, 0.2) is 66.7 Å². The zero-order valence-corrected chi connectivity index (χ0v) is 17.3. The van der Waals surface area contributed by atoms with Crippen LogP contribution in [0.25, 0.3) is 0 Å². The second-order valence-electron chi connectivity index (χ2n) is 6.20. The van der Waals surface area contributed by atoms with Crippen LogP contribution in [0.2, 0.25) is 5.02 Å². The molecule has 0 atom stereocenters. The number of hydrogen-bond acceptors (Lipinski definition) is 5. The van der Waals surface area contributed by atoms with E-state index in [1.54, 1.807) is 48.5 Å². The van der Waals surface area contributed by atoms with Crippen LogP contribution in [0, 0.1) is 17.0 Å². The van der Waals surface area contributed by atoms with E-state index in [2.05, 4.69) is 10.6 Å². The van der Waals surface area contributed by atoms with E-state index < -0.39 is 10.8 Å². The Labute approximate surface area is 182 Å². The summed E-state index contributed by atoms with van der Waals surface area (Å²) < 4.78 is 5.72. The number of ether oxygens (including phenoxy) is 1. The number of nitro benzene ring substituents is 1. The van der Waals surface area contributed by atoms with Crippen LogP contribution in [0.3, 0.4) is 0 Å². The van der Waals surface area contributed by atoms with E-state index in [1.165, 1.54) is 25.1 Å². The number of carbonyl (C=O) groups excluding carboxylic acids is 1. The van der Waals surface area contributed by atoms with Crippen LogP contribution in [0.5, 0.6) is 11.5 Å². The van der Waals surface area contributed by atoms with Crippen LogP contribution in [0.1, 0.15) is 15.9 Å². The lowest BCUT2D eigenvalue weighted by Crippen LogP contribution is -2.34. The summed E-state index contributed by atoms with van der Waals surface area (Å²) in [4.78, 5) is 22.9. The van der Waals surface area contributed by atoms with Gasteiger partial charge in [0.25, 0.3) is 11.6 Å². The topological polar surface area (TPSA) is 93.5 Å². The molecule has 0 saturated carbocycles. The highest BCUT2D eigenvalue weighted by atomic mass is 35.5. The molecule has 0 fully saturated rings. The molecule has 0 spiro atoms. The SMILES string of the molecule is Cc1c(C(=O)NC(=S)Nc2ccc(Oc3ccc(Cl)cc3)cc2)cccc1[N+](=O)[O-]. The lowest BCUT2D eigenvalue weighted by Gasteiger charge is -2.12. The number of carbonyl (C=O) groups is 1. The molecule has 3 rings (SSSR count). The zero-order chi connectivity index (χ0) is 21.7. The quantitative estimate of drug-likeness (QED) is 0.309. The Morgan fingerprint density at radius 3 is 2.23 bits per heavy atom. The molecule has 3 aromatic carbocycles. The number of nitrogens with zero attached hydrogens (tertiary/aromatic N) is 1. The van der Waals surface area contributed by atoms with Gasteiger partial charge in [0.1, 0.15) is 11.5 Å². The summed E-state index contributed by atoms with van der Waals surface area (Å²) in [6, 6.07) is 18.2. The fourth-order valence-electron chi connectivity index (χ4n) is 2.65. The van der Waals surface area contributed by atoms with E-state index in [0.29, 0.717) is 22.2 Å². The lowest BCUT2D eigenvalue weighted by molar-refractivity contribution is -0.385. The fourth-order valence-corrected chi connectivity index (χ4v) is 2.98. The molecule has 1 amide bonds. The minimum absolute atomic E-state index is 0.0669. The Bertz CT molecular complexity index is 1100. The molecule has 3 aromatic rings. The largest absolute Gasteiger partial charge is 0.457 e. The maximum Gasteiger partial charge on any atom is 0.273 e. The predicted molar refractivity (Wildman–Crippen MR) is 119 cm³/mol. The molecule has 0 aliphatic carbocycles. The standard InChI is InChI=1S/C21H16ClN3O4S/c1-13-18(3-2-4-19(13)25(27)28)20(26)24-21(30)23-15-7-11-17(12-8-15)29-16-9-5-14(22)6-10-16/h2-12H,1H3,(H2,23,24,26,30). The van der Waals surface area contributed by atoms with Crippen LogP contribution in [-0.2, 0) is 0 Å². The Morgan fingerprint density at radius 2 is 1.63 bits per heavy atom. The van der Waals surface area contributed by atoms with Crippen molar-refractivity contribution in [2.45, 2.75) is 6.92 Å². The Balaban J connectivity index is 1.61. The number of hydrogen-bond donors (Lipinski definition) is 2. The van der Waals surface area contributed by atoms with Gasteiger partial charge in [0.05, 0.1) is 4.92 Å².